The Hall–Kier alpha value is -1.18. The lowest BCUT2D eigenvalue weighted by atomic mass is 10.1. The minimum absolute atomic E-state index is 0.461. The third-order valence-corrected chi connectivity index (χ3v) is 3.12. The molecular weight excluding hydrogens is 186 g/mol. The van der Waals surface area contributed by atoms with Crippen molar-refractivity contribution in [1.29, 1.82) is 0 Å². The number of aromatic hydroxyl groups is 1. The monoisotopic (exact) mass is 205 g/mol. The standard InChI is InChI=1S/C13H19NO/c1-10-8-11(2)13(15)12(9-10)14-6-4-3-5-7-14/h8-9,15H,3-7H2,1-2H3. The van der Waals surface area contributed by atoms with Crippen LogP contribution < -0.4 is 4.90 Å². The highest BCUT2D eigenvalue weighted by atomic mass is 16.3. The average Bonchev–Trinajstić information content (AvgIpc) is 2.24. The molecular formula is C13H19NO. The van der Waals surface area contributed by atoms with E-state index in [2.05, 4.69) is 17.9 Å². The summed E-state index contributed by atoms with van der Waals surface area (Å²) in [6.07, 6.45) is 3.81. The van der Waals surface area contributed by atoms with Crippen molar-refractivity contribution in [2.45, 2.75) is 33.1 Å². The van der Waals surface area contributed by atoms with Gasteiger partial charge in [0.1, 0.15) is 5.75 Å². The molecule has 0 radical (unpaired) electrons. The van der Waals surface area contributed by atoms with Crippen LogP contribution in [0.15, 0.2) is 12.1 Å². The van der Waals surface area contributed by atoms with Crippen molar-refractivity contribution in [2.75, 3.05) is 18.0 Å². The van der Waals surface area contributed by atoms with E-state index in [0.29, 0.717) is 5.75 Å². The lowest BCUT2D eigenvalue weighted by molar-refractivity contribution is 0.465. The molecule has 0 unspecified atom stereocenters. The van der Waals surface area contributed by atoms with E-state index in [1.54, 1.807) is 0 Å². The molecule has 0 aliphatic carbocycles. The largest absolute Gasteiger partial charge is 0.505 e. The van der Waals surface area contributed by atoms with Gasteiger partial charge in [-0.1, -0.05) is 6.07 Å². The molecule has 2 nitrogen and oxygen atoms in total. The number of hydrogen-bond donors (Lipinski definition) is 1. The molecule has 1 heterocycles. The number of phenolic OH excluding ortho intramolecular Hbond substituents is 1. The van der Waals surface area contributed by atoms with Gasteiger partial charge in [-0.25, -0.2) is 0 Å². The molecule has 82 valence electrons. The van der Waals surface area contributed by atoms with Gasteiger partial charge in [-0.2, -0.15) is 0 Å². The zero-order chi connectivity index (χ0) is 10.8. The zero-order valence-electron chi connectivity index (χ0n) is 9.58. The van der Waals surface area contributed by atoms with Gasteiger partial charge in [0.05, 0.1) is 5.69 Å². The molecule has 1 fully saturated rings. The van der Waals surface area contributed by atoms with E-state index in [9.17, 15) is 5.11 Å². The first-order valence-corrected chi connectivity index (χ1v) is 5.73. The van der Waals surface area contributed by atoms with Crippen LogP contribution in [0.1, 0.15) is 30.4 Å². The Labute approximate surface area is 91.5 Å². The second-order valence-electron chi connectivity index (χ2n) is 4.50. The molecule has 1 N–H and O–H groups in total. The van der Waals surface area contributed by atoms with Crippen LogP contribution in [0.4, 0.5) is 5.69 Å². The van der Waals surface area contributed by atoms with Crippen LogP contribution in [0.25, 0.3) is 0 Å². The average molecular weight is 205 g/mol. The summed E-state index contributed by atoms with van der Waals surface area (Å²) >= 11 is 0. The molecule has 2 heteroatoms. The number of anilines is 1. The number of hydrogen-bond acceptors (Lipinski definition) is 2. The molecule has 0 amide bonds. The number of phenols is 1. The van der Waals surface area contributed by atoms with Crippen LogP contribution in [0.2, 0.25) is 0 Å². The van der Waals surface area contributed by atoms with Crippen LogP contribution in [-0.2, 0) is 0 Å². The summed E-state index contributed by atoms with van der Waals surface area (Å²) in [4.78, 5) is 2.30. The van der Waals surface area contributed by atoms with Crippen molar-refractivity contribution < 1.29 is 5.11 Å². The number of benzene rings is 1. The second kappa shape index (κ2) is 4.13. The predicted molar refractivity (Wildman–Crippen MR) is 63.6 cm³/mol. The summed E-state index contributed by atoms with van der Waals surface area (Å²) in [6, 6.07) is 4.12. The topological polar surface area (TPSA) is 23.5 Å². The normalized spacial score (nSPS) is 16.8. The Morgan fingerprint density at radius 2 is 1.73 bits per heavy atom. The Bertz CT molecular complexity index is 354. The summed E-state index contributed by atoms with van der Waals surface area (Å²) in [5.74, 6) is 0.461. The van der Waals surface area contributed by atoms with Gasteiger partial charge in [-0.05, 0) is 50.3 Å². The fourth-order valence-corrected chi connectivity index (χ4v) is 2.31. The van der Waals surface area contributed by atoms with Crippen molar-refractivity contribution in [2.24, 2.45) is 0 Å². The highest BCUT2D eigenvalue weighted by Gasteiger charge is 2.15. The van der Waals surface area contributed by atoms with E-state index in [1.807, 2.05) is 13.0 Å². The minimum Gasteiger partial charge on any atom is -0.505 e. The highest BCUT2D eigenvalue weighted by Crippen LogP contribution is 2.33. The van der Waals surface area contributed by atoms with Crippen LogP contribution in [0.5, 0.6) is 5.75 Å². The Kier molecular flexibility index (Phi) is 2.85. The van der Waals surface area contributed by atoms with Crippen LogP contribution in [-0.4, -0.2) is 18.2 Å². The van der Waals surface area contributed by atoms with Crippen LogP contribution in [0.3, 0.4) is 0 Å². The van der Waals surface area contributed by atoms with E-state index in [1.165, 1.54) is 24.8 Å². The van der Waals surface area contributed by atoms with Gasteiger partial charge in [0.25, 0.3) is 0 Å². The molecule has 0 atom stereocenters. The van der Waals surface area contributed by atoms with Crippen molar-refractivity contribution in [3.05, 3.63) is 23.3 Å². The molecule has 0 saturated carbocycles. The number of piperidine rings is 1. The number of nitrogens with zero attached hydrogens (tertiary/aromatic N) is 1. The lowest BCUT2D eigenvalue weighted by Gasteiger charge is -2.30. The molecule has 1 saturated heterocycles. The molecule has 15 heavy (non-hydrogen) atoms. The van der Waals surface area contributed by atoms with Crippen LogP contribution in [0, 0.1) is 13.8 Å². The van der Waals surface area contributed by atoms with Gasteiger partial charge in [0.15, 0.2) is 0 Å². The smallest absolute Gasteiger partial charge is 0.141 e. The Morgan fingerprint density at radius 1 is 1.07 bits per heavy atom. The van der Waals surface area contributed by atoms with Crippen molar-refractivity contribution in [3.63, 3.8) is 0 Å². The third kappa shape index (κ3) is 2.09. The maximum absolute atomic E-state index is 10.0. The van der Waals surface area contributed by atoms with E-state index < -0.39 is 0 Å². The summed E-state index contributed by atoms with van der Waals surface area (Å²) in [6.45, 7) is 6.21. The first-order chi connectivity index (χ1) is 7.18. The molecule has 1 aliphatic heterocycles. The second-order valence-corrected chi connectivity index (χ2v) is 4.50. The molecule has 0 bridgehead atoms. The van der Waals surface area contributed by atoms with E-state index in [-0.39, 0.29) is 0 Å². The van der Waals surface area contributed by atoms with Gasteiger partial charge in [-0.15, -0.1) is 0 Å². The molecule has 0 spiro atoms. The van der Waals surface area contributed by atoms with E-state index in [4.69, 9.17) is 0 Å². The summed E-state index contributed by atoms with van der Waals surface area (Å²) in [5.41, 5.74) is 3.23. The first-order valence-electron chi connectivity index (χ1n) is 5.73. The maximum atomic E-state index is 10.0. The molecule has 1 aromatic rings. The quantitative estimate of drug-likeness (QED) is 0.762. The van der Waals surface area contributed by atoms with Crippen molar-refractivity contribution >= 4 is 5.69 Å². The zero-order valence-corrected chi connectivity index (χ0v) is 9.58. The predicted octanol–water partition coefficient (Wildman–Crippen LogP) is 3.00. The van der Waals surface area contributed by atoms with Gasteiger partial charge in [-0.3, -0.25) is 0 Å². The lowest BCUT2D eigenvalue weighted by Crippen LogP contribution is -2.29. The summed E-state index contributed by atoms with van der Waals surface area (Å²) < 4.78 is 0. The Balaban J connectivity index is 2.33. The number of rotatable bonds is 1. The molecule has 0 aromatic heterocycles. The Morgan fingerprint density at radius 3 is 2.40 bits per heavy atom. The SMILES string of the molecule is Cc1cc(C)c(O)c(N2CCCCC2)c1. The van der Waals surface area contributed by atoms with E-state index in [0.717, 1.165) is 24.3 Å². The molecule has 1 aromatic carbocycles. The van der Waals surface area contributed by atoms with Crippen LogP contribution >= 0.6 is 0 Å². The fraction of sp³-hybridized carbons (Fsp3) is 0.538. The van der Waals surface area contributed by atoms with Gasteiger partial charge in [0, 0.05) is 13.1 Å². The van der Waals surface area contributed by atoms with Gasteiger partial charge in [0.2, 0.25) is 0 Å². The molecule has 2 rings (SSSR count). The summed E-state index contributed by atoms with van der Waals surface area (Å²) in [5, 5.41) is 10.0. The fourth-order valence-electron chi connectivity index (χ4n) is 2.31. The minimum atomic E-state index is 0.461. The number of aryl methyl sites for hydroxylation is 2. The maximum Gasteiger partial charge on any atom is 0.141 e. The van der Waals surface area contributed by atoms with Gasteiger partial charge >= 0.3 is 0 Å². The highest BCUT2D eigenvalue weighted by molar-refractivity contribution is 5.62. The van der Waals surface area contributed by atoms with Crippen molar-refractivity contribution in [1.82, 2.24) is 0 Å². The molecule has 1 aliphatic rings. The third-order valence-electron chi connectivity index (χ3n) is 3.12. The summed E-state index contributed by atoms with van der Waals surface area (Å²) in [7, 11) is 0. The first kappa shape index (κ1) is 10.3. The van der Waals surface area contributed by atoms with E-state index >= 15 is 0 Å². The van der Waals surface area contributed by atoms with Crippen molar-refractivity contribution in [3.8, 4) is 5.75 Å². The van der Waals surface area contributed by atoms with Gasteiger partial charge < -0.3 is 10.0 Å².